The normalized spacial score (nSPS) is 22.2. The van der Waals surface area contributed by atoms with Gasteiger partial charge in [-0.3, -0.25) is 9.59 Å². The fraction of sp³-hybridized carbons (Fsp3) is 0.600. The van der Waals surface area contributed by atoms with Gasteiger partial charge in [0, 0.05) is 37.5 Å². The van der Waals surface area contributed by atoms with Crippen LogP contribution in [0.4, 0.5) is 0 Å². The quantitative estimate of drug-likeness (QED) is 0.891. The average molecular weight is 276 g/mol. The maximum atomic E-state index is 12.6. The summed E-state index contributed by atoms with van der Waals surface area (Å²) in [4.78, 5) is 26.4. The molecule has 1 unspecified atom stereocenters. The van der Waals surface area contributed by atoms with Crippen molar-refractivity contribution < 1.29 is 14.0 Å². The lowest BCUT2D eigenvalue weighted by Crippen LogP contribution is -2.40. The molecular formula is C15H20N2O3. The van der Waals surface area contributed by atoms with Crippen LogP contribution in [0, 0.1) is 6.92 Å². The van der Waals surface area contributed by atoms with Crippen LogP contribution in [0.25, 0.3) is 0 Å². The maximum Gasteiger partial charge on any atom is 0.290 e. The lowest BCUT2D eigenvalue weighted by atomic mass is 9.94. The predicted octanol–water partition coefficient (Wildman–Crippen LogP) is 1.67. The molecule has 5 heteroatoms. The predicted molar refractivity (Wildman–Crippen MR) is 73.8 cm³/mol. The highest BCUT2D eigenvalue weighted by Crippen LogP contribution is 2.31. The number of hydrogen-bond donors (Lipinski definition) is 1. The van der Waals surface area contributed by atoms with Gasteiger partial charge in [-0.15, -0.1) is 0 Å². The second kappa shape index (κ2) is 5.05. The van der Waals surface area contributed by atoms with Gasteiger partial charge in [0.1, 0.15) is 5.76 Å². The number of carbonyl (C=O) groups is 2. The summed E-state index contributed by atoms with van der Waals surface area (Å²) in [5.74, 6) is 1.01. The van der Waals surface area contributed by atoms with E-state index in [0.29, 0.717) is 35.6 Å². The zero-order valence-electron chi connectivity index (χ0n) is 11.8. The minimum atomic E-state index is -0.113. The van der Waals surface area contributed by atoms with Gasteiger partial charge in [-0.2, -0.15) is 0 Å². The van der Waals surface area contributed by atoms with Crippen LogP contribution in [-0.4, -0.2) is 35.7 Å². The molecule has 5 nitrogen and oxygen atoms in total. The largest absolute Gasteiger partial charge is 0.455 e. The Bertz CT molecular complexity index is 562. The standard InChI is InChI=1S/C15H20N2O3/c1-9-13-11(18)5-2-6-12(13)20-14(9)15(19)17-7-3-4-10(17)8-16/h10H,2-8,16H2,1H3. The second-order valence-corrected chi connectivity index (χ2v) is 5.66. The molecule has 1 amide bonds. The number of furan rings is 1. The lowest BCUT2D eigenvalue weighted by molar-refractivity contribution is 0.0705. The molecule has 20 heavy (non-hydrogen) atoms. The molecule has 3 rings (SSSR count). The van der Waals surface area contributed by atoms with Crippen LogP contribution >= 0.6 is 0 Å². The summed E-state index contributed by atoms with van der Waals surface area (Å²) in [6.07, 6.45) is 4.03. The molecule has 0 saturated carbocycles. The molecule has 2 heterocycles. The molecular weight excluding hydrogens is 256 g/mol. The molecule has 1 saturated heterocycles. The molecule has 2 aliphatic rings. The fourth-order valence-corrected chi connectivity index (χ4v) is 3.33. The molecule has 0 aromatic carbocycles. The third-order valence-electron chi connectivity index (χ3n) is 4.41. The van der Waals surface area contributed by atoms with Crippen LogP contribution in [0.1, 0.15) is 57.9 Å². The van der Waals surface area contributed by atoms with E-state index < -0.39 is 0 Å². The topological polar surface area (TPSA) is 76.5 Å². The summed E-state index contributed by atoms with van der Waals surface area (Å²) in [6, 6.07) is 0.0970. The van der Waals surface area contributed by atoms with Crippen molar-refractivity contribution in [3.05, 3.63) is 22.6 Å². The lowest BCUT2D eigenvalue weighted by Gasteiger charge is -2.22. The third-order valence-corrected chi connectivity index (χ3v) is 4.41. The van der Waals surface area contributed by atoms with E-state index in [1.54, 1.807) is 4.90 Å². The van der Waals surface area contributed by atoms with E-state index in [0.717, 1.165) is 32.2 Å². The van der Waals surface area contributed by atoms with Crippen LogP contribution in [-0.2, 0) is 6.42 Å². The number of rotatable bonds is 2. The van der Waals surface area contributed by atoms with Gasteiger partial charge >= 0.3 is 0 Å². The molecule has 1 aromatic rings. The summed E-state index contributed by atoms with van der Waals surface area (Å²) in [5, 5.41) is 0. The highest BCUT2D eigenvalue weighted by Gasteiger charge is 2.34. The van der Waals surface area contributed by atoms with E-state index in [1.165, 1.54) is 0 Å². The first kappa shape index (κ1) is 13.4. The molecule has 1 fully saturated rings. The van der Waals surface area contributed by atoms with Crippen LogP contribution in [0.2, 0.25) is 0 Å². The van der Waals surface area contributed by atoms with Gasteiger partial charge in [0.25, 0.3) is 5.91 Å². The summed E-state index contributed by atoms with van der Waals surface area (Å²) in [5.41, 5.74) is 7.07. The van der Waals surface area contributed by atoms with Crippen molar-refractivity contribution in [2.75, 3.05) is 13.1 Å². The van der Waals surface area contributed by atoms with Crippen LogP contribution in [0.3, 0.4) is 0 Å². The molecule has 1 aliphatic carbocycles. The second-order valence-electron chi connectivity index (χ2n) is 5.66. The molecule has 0 spiro atoms. The zero-order chi connectivity index (χ0) is 14.3. The number of fused-ring (bicyclic) bond motifs is 1. The molecule has 1 aliphatic heterocycles. The first-order chi connectivity index (χ1) is 9.63. The molecule has 1 aromatic heterocycles. The summed E-state index contributed by atoms with van der Waals surface area (Å²) < 4.78 is 5.72. The van der Waals surface area contributed by atoms with Gasteiger partial charge in [0.15, 0.2) is 11.5 Å². The minimum absolute atomic E-state index is 0.0970. The van der Waals surface area contributed by atoms with Crippen molar-refractivity contribution in [1.29, 1.82) is 0 Å². The third kappa shape index (κ3) is 1.97. The van der Waals surface area contributed by atoms with Crippen molar-refractivity contribution in [3.63, 3.8) is 0 Å². The Kier molecular flexibility index (Phi) is 3.38. The Labute approximate surface area is 118 Å². The number of nitrogens with two attached hydrogens (primary N) is 1. The van der Waals surface area contributed by atoms with Gasteiger partial charge in [0.05, 0.1) is 5.56 Å². The van der Waals surface area contributed by atoms with Gasteiger partial charge in [0.2, 0.25) is 0 Å². The Morgan fingerprint density at radius 3 is 2.90 bits per heavy atom. The van der Waals surface area contributed by atoms with Crippen molar-refractivity contribution in [3.8, 4) is 0 Å². The monoisotopic (exact) mass is 276 g/mol. The Hall–Kier alpha value is -1.62. The molecule has 2 N–H and O–H groups in total. The Morgan fingerprint density at radius 1 is 1.40 bits per heavy atom. The Morgan fingerprint density at radius 2 is 2.20 bits per heavy atom. The first-order valence-electron chi connectivity index (χ1n) is 7.30. The summed E-state index contributed by atoms with van der Waals surface area (Å²) >= 11 is 0. The molecule has 108 valence electrons. The van der Waals surface area contributed by atoms with Crippen LogP contribution in [0.5, 0.6) is 0 Å². The smallest absolute Gasteiger partial charge is 0.290 e. The van der Waals surface area contributed by atoms with Gasteiger partial charge < -0.3 is 15.1 Å². The van der Waals surface area contributed by atoms with Crippen LogP contribution in [0.15, 0.2) is 4.42 Å². The van der Waals surface area contributed by atoms with Gasteiger partial charge in [-0.05, 0) is 26.2 Å². The molecule has 1 atom stereocenters. The molecule has 0 bridgehead atoms. The van der Waals surface area contributed by atoms with Gasteiger partial charge in [-0.25, -0.2) is 0 Å². The Balaban J connectivity index is 1.95. The highest BCUT2D eigenvalue weighted by atomic mass is 16.4. The van der Waals surface area contributed by atoms with Crippen molar-refractivity contribution in [2.24, 2.45) is 5.73 Å². The summed E-state index contributed by atoms with van der Waals surface area (Å²) in [7, 11) is 0. The number of nitrogens with zero attached hydrogens (tertiary/aromatic N) is 1. The first-order valence-corrected chi connectivity index (χ1v) is 7.30. The number of likely N-dealkylation sites (tertiary alicyclic amines) is 1. The fourth-order valence-electron chi connectivity index (χ4n) is 3.33. The van der Waals surface area contributed by atoms with E-state index in [9.17, 15) is 9.59 Å². The highest BCUT2D eigenvalue weighted by molar-refractivity contribution is 6.03. The number of hydrogen-bond acceptors (Lipinski definition) is 4. The van der Waals surface area contributed by atoms with E-state index >= 15 is 0 Å². The van der Waals surface area contributed by atoms with Crippen LogP contribution < -0.4 is 5.73 Å². The van der Waals surface area contributed by atoms with Crippen molar-refractivity contribution in [2.45, 2.75) is 45.1 Å². The van der Waals surface area contributed by atoms with E-state index in [2.05, 4.69) is 0 Å². The minimum Gasteiger partial charge on any atom is -0.455 e. The maximum absolute atomic E-state index is 12.6. The van der Waals surface area contributed by atoms with E-state index in [-0.39, 0.29) is 17.7 Å². The zero-order valence-corrected chi connectivity index (χ0v) is 11.8. The summed E-state index contributed by atoms with van der Waals surface area (Å²) in [6.45, 7) is 3.01. The number of Topliss-reactive ketones (excluding diaryl/α,β-unsaturated/α-hetero) is 1. The van der Waals surface area contributed by atoms with Gasteiger partial charge in [-0.1, -0.05) is 0 Å². The van der Waals surface area contributed by atoms with E-state index in [4.69, 9.17) is 10.2 Å². The number of carbonyl (C=O) groups excluding carboxylic acids is 2. The number of aryl methyl sites for hydroxylation is 1. The average Bonchev–Trinajstić information content (AvgIpc) is 3.03. The van der Waals surface area contributed by atoms with Crippen molar-refractivity contribution >= 4 is 11.7 Å². The van der Waals surface area contributed by atoms with Crippen molar-refractivity contribution in [1.82, 2.24) is 4.90 Å². The number of amides is 1. The number of ketones is 1. The SMILES string of the molecule is Cc1c(C(=O)N2CCCC2CN)oc2c1C(=O)CCC2. The molecule has 0 radical (unpaired) electrons. The van der Waals surface area contributed by atoms with E-state index in [1.807, 2.05) is 6.92 Å².